The summed E-state index contributed by atoms with van der Waals surface area (Å²) in [6.07, 6.45) is 1.07. The van der Waals surface area contributed by atoms with Gasteiger partial charge in [0.1, 0.15) is 0 Å². The molecule has 0 unspecified atom stereocenters. The molecular formula is C17H19NO2. The molecule has 0 amide bonds. The molecule has 2 aromatic carbocycles. The predicted octanol–water partition coefficient (Wildman–Crippen LogP) is 3.27. The van der Waals surface area contributed by atoms with Gasteiger partial charge in [0.15, 0.2) is 11.5 Å². The second-order valence-electron chi connectivity index (χ2n) is 4.88. The number of benzene rings is 2. The smallest absolute Gasteiger partial charge is 0.231 e. The fourth-order valence-corrected chi connectivity index (χ4v) is 2.54. The molecule has 1 aliphatic heterocycles. The zero-order valence-electron chi connectivity index (χ0n) is 11.7. The van der Waals surface area contributed by atoms with Crippen molar-refractivity contribution in [2.75, 3.05) is 6.79 Å². The van der Waals surface area contributed by atoms with Gasteiger partial charge in [-0.15, -0.1) is 0 Å². The zero-order valence-corrected chi connectivity index (χ0v) is 11.7. The van der Waals surface area contributed by atoms with Gasteiger partial charge in [0.05, 0.1) is 0 Å². The van der Waals surface area contributed by atoms with Gasteiger partial charge >= 0.3 is 0 Å². The Labute approximate surface area is 119 Å². The van der Waals surface area contributed by atoms with Gasteiger partial charge in [-0.3, -0.25) is 0 Å². The summed E-state index contributed by atoms with van der Waals surface area (Å²) in [6, 6.07) is 14.6. The maximum Gasteiger partial charge on any atom is 0.231 e. The van der Waals surface area contributed by atoms with E-state index in [4.69, 9.17) is 9.47 Å². The van der Waals surface area contributed by atoms with Crippen LogP contribution in [0.5, 0.6) is 11.5 Å². The molecule has 0 fully saturated rings. The molecule has 104 valence electrons. The minimum absolute atomic E-state index is 0.324. The fourth-order valence-electron chi connectivity index (χ4n) is 2.54. The number of aryl methyl sites for hydroxylation is 1. The van der Waals surface area contributed by atoms with Gasteiger partial charge in [0.25, 0.3) is 0 Å². The number of hydrogen-bond donors (Lipinski definition) is 1. The third-order valence-corrected chi connectivity index (χ3v) is 3.61. The number of ether oxygens (including phenoxy) is 2. The molecule has 1 heterocycles. The largest absolute Gasteiger partial charge is 0.454 e. The average molecular weight is 269 g/mol. The molecule has 2 aromatic rings. The summed E-state index contributed by atoms with van der Waals surface area (Å²) in [6.45, 7) is 4.16. The number of rotatable bonds is 5. The Balaban J connectivity index is 1.65. The second kappa shape index (κ2) is 5.97. The molecule has 0 saturated heterocycles. The van der Waals surface area contributed by atoms with E-state index < -0.39 is 0 Å². The van der Waals surface area contributed by atoms with E-state index in [2.05, 4.69) is 42.6 Å². The molecule has 3 nitrogen and oxygen atoms in total. The maximum atomic E-state index is 5.52. The van der Waals surface area contributed by atoms with Crippen LogP contribution in [0.4, 0.5) is 0 Å². The summed E-state index contributed by atoms with van der Waals surface area (Å²) in [5, 5.41) is 3.49. The first kappa shape index (κ1) is 13.0. The Bertz CT molecular complexity index is 595. The molecule has 1 aliphatic rings. The Kier molecular flexibility index (Phi) is 3.88. The van der Waals surface area contributed by atoms with Crippen LogP contribution in [-0.4, -0.2) is 6.79 Å². The Morgan fingerprint density at radius 3 is 2.50 bits per heavy atom. The zero-order chi connectivity index (χ0) is 13.8. The molecule has 0 atom stereocenters. The van der Waals surface area contributed by atoms with Gasteiger partial charge in [0.2, 0.25) is 6.79 Å². The molecule has 20 heavy (non-hydrogen) atoms. The van der Waals surface area contributed by atoms with Crippen LogP contribution in [0.3, 0.4) is 0 Å². The molecule has 1 N–H and O–H groups in total. The highest BCUT2D eigenvalue weighted by Crippen LogP contribution is 2.35. The van der Waals surface area contributed by atoms with Crippen molar-refractivity contribution in [3.05, 3.63) is 59.2 Å². The number of fused-ring (bicyclic) bond motifs is 1. The molecule has 0 spiro atoms. The number of hydrogen-bond acceptors (Lipinski definition) is 3. The average Bonchev–Trinajstić information content (AvgIpc) is 2.97. The summed E-state index contributed by atoms with van der Waals surface area (Å²) < 4.78 is 10.9. The lowest BCUT2D eigenvalue weighted by molar-refractivity contribution is 0.173. The summed E-state index contributed by atoms with van der Waals surface area (Å²) >= 11 is 0. The first-order chi connectivity index (χ1) is 9.88. The van der Waals surface area contributed by atoms with E-state index in [0.717, 1.165) is 36.6 Å². The van der Waals surface area contributed by atoms with Crippen molar-refractivity contribution in [3.8, 4) is 11.5 Å². The molecular weight excluding hydrogens is 250 g/mol. The van der Waals surface area contributed by atoms with Crippen LogP contribution in [0.25, 0.3) is 0 Å². The fraction of sp³-hybridized carbons (Fsp3) is 0.294. The van der Waals surface area contributed by atoms with Crippen LogP contribution in [0.1, 0.15) is 23.6 Å². The van der Waals surface area contributed by atoms with Gasteiger partial charge in [-0.25, -0.2) is 0 Å². The normalized spacial score (nSPS) is 12.7. The van der Waals surface area contributed by atoms with E-state index in [0.29, 0.717) is 6.79 Å². The van der Waals surface area contributed by atoms with E-state index in [-0.39, 0.29) is 0 Å². The molecule has 0 aliphatic carbocycles. The molecule has 0 aromatic heterocycles. The Morgan fingerprint density at radius 2 is 1.65 bits per heavy atom. The lowest BCUT2D eigenvalue weighted by Gasteiger charge is -2.10. The molecule has 3 rings (SSSR count). The first-order valence-electron chi connectivity index (χ1n) is 7.03. The van der Waals surface area contributed by atoms with Gasteiger partial charge < -0.3 is 14.8 Å². The summed E-state index contributed by atoms with van der Waals surface area (Å²) in [4.78, 5) is 0. The van der Waals surface area contributed by atoms with Crippen LogP contribution < -0.4 is 14.8 Å². The van der Waals surface area contributed by atoms with Crippen molar-refractivity contribution >= 4 is 0 Å². The van der Waals surface area contributed by atoms with Gasteiger partial charge in [0, 0.05) is 18.7 Å². The van der Waals surface area contributed by atoms with Crippen LogP contribution in [0.2, 0.25) is 0 Å². The van der Waals surface area contributed by atoms with E-state index in [1.54, 1.807) is 0 Å². The first-order valence-corrected chi connectivity index (χ1v) is 7.03. The van der Waals surface area contributed by atoms with E-state index in [1.165, 1.54) is 11.1 Å². The van der Waals surface area contributed by atoms with Crippen LogP contribution in [0, 0.1) is 0 Å². The quantitative estimate of drug-likeness (QED) is 0.903. The van der Waals surface area contributed by atoms with Crippen molar-refractivity contribution in [3.63, 3.8) is 0 Å². The SMILES string of the molecule is CCc1ccccc1CNCc1cccc2c1OCO2. The minimum atomic E-state index is 0.324. The lowest BCUT2D eigenvalue weighted by Crippen LogP contribution is -2.14. The van der Waals surface area contributed by atoms with Crippen molar-refractivity contribution in [2.24, 2.45) is 0 Å². The van der Waals surface area contributed by atoms with Crippen molar-refractivity contribution < 1.29 is 9.47 Å². The topological polar surface area (TPSA) is 30.5 Å². The summed E-state index contributed by atoms with van der Waals surface area (Å²) in [7, 11) is 0. The van der Waals surface area contributed by atoms with Crippen LogP contribution in [-0.2, 0) is 19.5 Å². The van der Waals surface area contributed by atoms with Crippen molar-refractivity contribution in [1.29, 1.82) is 0 Å². The standard InChI is InChI=1S/C17H19NO2/c1-2-13-6-3-4-7-14(13)10-18-11-15-8-5-9-16-17(15)20-12-19-16/h3-9,18H,2,10-12H2,1H3. The van der Waals surface area contributed by atoms with Crippen LogP contribution in [0.15, 0.2) is 42.5 Å². The highest BCUT2D eigenvalue weighted by Gasteiger charge is 2.16. The molecule has 0 saturated carbocycles. The van der Waals surface area contributed by atoms with Gasteiger partial charge in [-0.05, 0) is 23.6 Å². The summed E-state index contributed by atoms with van der Waals surface area (Å²) in [5.41, 5.74) is 3.91. The number of nitrogens with one attached hydrogen (secondary N) is 1. The van der Waals surface area contributed by atoms with E-state index in [9.17, 15) is 0 Å². The van der Waals surface area contributed by atoms with Crippen molar-refractivity contribution in [1.82, 2.24) is 5.32 Å². The predicted molar refractivity (Wildman–Crippen MR) is 78.9 cm³/mol. The van der Waals surface area contributed by atoms with Crippen LogP contribution >= 0.6 is 0 Å². The second-order valence-corrected chi connectivity index (χ2v) is 4.88. The Morgan fingerprint density at radius 1 is 0.900 bits per heavy atom. The molecule has 0 radical (unpaired) electrons. The highest BCUT2D eigenvalue weighted by molar-refractivity contribution is 5.48. The maximum absolute atomic E-state index is 5.52. The molecule has 0 bridgehead atoms. The monoisotopic (exact) mass is 269 g/mol. The van der Waals surface area contributed by atoms with E-state index >= 15 is 0 Å². The third kappa shape index (κ3) is 2.63. The summed E-state index contributed by atoms with van der Waals surface area (Å²) in [5.74, 6) is 1.72. The Hall–Kier alpha value is -2.00. The number of para-hydroxylation sites is 1. The van der Waals surface area contributed by atoms with Gasteiger partial charge in [-0.1, -0.05) is 43.3 Å². The van der Waals surface area contributed by atoms with Crippen molar-refractivity contribution in [2.45, 2.75) is 26.4 Å². The molecule has 3 heteroatoms. The highest BCUT2D eigenvalue weighted by atomic mass is 16.7. The lowest BCUT2D eigenvalue weighted by atomic mass is 10.1. The van der Waals surface area contributed by atoms with E-state index in [1.807, 2.05) is 12.1 Å². The van der Waals surface area contributed by atoms with Gasteiger partial charge in [-0.2, -0.15) is 0 Å². The third-order valence-electron chi connectivity index (χ3n) is 3.61. The minimum Gasteiger partial charge on any atom is -0.454 e.